The third kappa shape index (κ3) is 5.96. The number of amides is 1. The third-order valence-corrected chi connectivity index (χ3v) is 6.81. The SMILES string of the molecule is CCOc1ccc(Cn2cc(NC(=O)c3cccc(Cn4nc(C)c(Br)c4C)c3)cn2)cc1OCC. The number of rotatable bonds is 10. The number of nitrogens with one attached hydrogen (secondary N) is 1. The Morgan fingerprint density at radius 2 is 1.75 bits per heavy atom. The van der Waals surface area contributed by atoms with Gasteiger partial charge in [0.1, 0.15) is 0 Å². The van der Waals surface area contributed by atoms with Gasteiger partial charge in [-0.2, -0.15) is 10.2 Å². The zero-order valence-electron chi connectivity index (χ0n) is 20.9. The van der Waals surface area contributed by atoms with Crippen molar-refractivity contribution in [3.05, 3.63) is 87.4 Å². The molecule has 188 valence electrons. The first-order valence-electron chi connectivity index (χ1n) is 11.9. The van der Waals surface area contributed by atoms with Gasteiger partial charge < -0.3 is 14.8 Å². The molecule has 4 rings (SSSR count). The molecule has 2 aromatic carbocycles. The number of nitrogens with zero attached hydrogens (tertiary/aromatic N) is 4. The number of carbonyl (C=O) groups is 1. The molecule has 1 N–H and O–H groups in total. The van der Waals surface area contributed by atoms with Crippen LogP contribution >= 0.6 is 15.9 Å². The average molecular weight is 552 g/mol. The lowest BCUT2D eigenvalue weighted by molar-refractivity contribution is 0.102. The molecule has 36 heavy (non-hydrogen) atoms. The molecule has 0 spiro atoms. The number of carbonyl (C=O) groups excluding carboxylic acids is 1. The molecule has 9 heteroatoms. The summed E-state index contributed by atoms with van der Waals surface area (Å²) in [7, 11) is 0. The highest BCUT2D eigenvalue weighted by Crippen LogP contribution is 2.29. The summed E-state index contributed by atoms with van der Waals surface area (Å²) in [6, 6.07) is 13.4. The highest BCUT2D eigenvalue weighted by atomic mass is 79.9. The van der Waals surface area contributed by atoms with Crippen molar-refractivity contribution in [2.75, 3.05) is 18.5 Å². The topological polar surface area (TPSA) is 83.2 Å². The molecule has 0 aliphatic heterocycles. The summed E-state index contributed by atoms with van der Waals surface area (Å²) < 4.78 is 16.1. The third-order valence-electron chi connectivity index (χ3n) is 5.66. The van der Waals surface area contributed by atoms with Gasteiger partial charge in [0.25, 0.3) is 5.91 Å². The van der Waals surface area contributed by atoms with Gasteiger partial charge in [-0.25, -0.2) is 0 Å². The van der Waals surface area contributed by atoms with Crippen molar-refractivity contribution in [1.29, 1.82) is 0 Å². The standard InChI is InChI=1S/C27H30BrN5O3/c1-5-35-24-11-10-21(13-25(24)36-6-2)15-32-17-23(14-29-32)30-27(34)22-9-7-8-20(12-22)16-33-19(4)26(28)18(3)31-33/h7-14,17H,5-6,15-16H2,1-4H3,(H,30,34). The summed E-state index contributed by atoms with van der Waals surface area (Å²) >= 11 is 3.56. The first-order valence-corrected chi connectivity index (χ1v) is 12.7. The van der Waals surface area contributed by atoms with Crippen LogP contribution in [0.3, 0.4) is 0 Å². The summed E-state index contributed by atoms with van der Waals surface area (Å²) in [5, 5.41) is 11.9. The van der Waals surface area contributed by atoms with Gasteiger partial charge in [0.15, 0.2) is 11.5 Å². The Morgan fingerprint density at radius 1 is 1.00 bits per heavy atom. The van der Waals surface area contributed by atoms with Gasteiger partial charge in [0.2, 0.25) is 0 Å². The highest BCUT2D eigenvalue weighted by molar-refractivity contribution is 9.10. The fraction of sp³-hybridized carbons (Fsp3) is 0.296. The predicted octanol–water partition coefficient (Wildman–Crippen LogP) is 5.61. The second-order valence-electron chi connectivity index (χ2n) is 8.37. The van der Waals surface area contributed by atoms with Crippen LogP contribution in [0.25, 0.3) is 0 Å². The van der Waals surface area contributed by atoms with Gasteiger partial charge in [-0.3, -0.25) is 14.2 Å². The molecule has 2 aromatic heterocycles. The van der Waals surface area contributed by atoms with E-state index in [0.29, 0.717) is 43.3 Å². The molecule has 4 aromatic rings. The zero-order valence-corrected chi connectivity index (χ0v) is 22.5. The maximum atomic E-state index is 12.9. The molecule has 0 aliphatic rings. The molecular weight excluding hydrogens is 522 g/mol. The number of hydrogen-bond donors (Lipinski definition) is 1. The Morgan fingerprint density at radius 3 is 2.47 bits per heavy atom. The minimum absolute atomic E-state index is 0.189. The maximum absolute atomic E-state index is 12.9. The van der Waals surface area contributed by atoms with Gasteiger partial charge in [-0.15, -0.1) is 0 Å². The van der Waals surface area contributed by atoms with Crippen LogP contribution in [-0.4, -0.2) is 38.7 Å². The molecule has 0 saturated carbocycles. The van der Waals surface area contributed by atoms with E-state index in [1.165, 1.54) is 0 Å². The molecule has 0 saturated heterocycles. The first kappa shape index (κ1) is 25.5. The lowest BCUT2D eigenvalue weighted by atomic mass is 10.1. The van der Waals surface area contributed by atoms with Crippen LogP contribution in [0, 0.1) is 13.8 Å². The number of ether oxygens (including phenoxy) is 2. The van der Waals surface area contributed by atoms with Crippen LogP contribution < -0.4 is 14.8 Å². The second-order valence-corrected chi connectivity index (χ2v) is 9.16. The van der Waals surface area contributed by atoms with E-state index in [1.807, 2.05) is 75.0 Å². The van der Waals surface area contributed by atoms with E-state index in [9.17, 15) is 4.79 Å². The lowest BCUT2D eigenvalue weighted by Crippen LogP contribution is -2.12. The lowest BCUT2D eigenvalue weighted by Gasteiger charge is -2.12. The maximum Gasteiger partial charge on any atom is 0.255 e. The predicted molar refractivity (Wildman–Crippen MR) is 143 cm³/mol. The smallest absolute Gasteiger partial charge is 0.255 e. The number of anilines is 1. The summed E-state index contributed by atoms with van der Waals surface area (Å²) in [6.45, 7) is 10.1. The number of aromatic nitrogens is 4. The molecule has 0 bridgehead atoms. The molecule has 0 fully saturated rings. The van der Waals surface area contributed by atoms with Crippen LogP contribution in [-0.2, 0) is 13.1 Å². The van der Waals surface area contributed by atoms with E-state index in [1.54, 1.807) is 16.9 Å². The van der Waals surface area contributed by atoms with Gasteiger partial charge in [-0.05, 0) is 79.0 Å². The van der Waals surface area contributed by atoms with Crippen molar-refractivity contribution in [3.8, 4) is 11.5 Å². The van der Waals surface area contributed by atoms with Crippen LogP contribution in [0.5, 0.6) is 11.5 Å². The van der Waals surface area contributed by atoms with Gasteiger partial charge in [-0.1, -0.05) is 18.2 Å². The molecule has 2 heterocycles. The van der Waals surface area contributed by atoms with Gasteiger partial charge in [0, 0.05) is 11.8 Å². The van der Waals surface area contributed by atoms with Crippen molar-refractivity contribution in [2.45, 2.75) is 40.8 Å². The van der Waals surface area contributed by atoms with E-state index in [0.717, 1.165) is 32.7 Å². The molecular formula is C27H30BrN5O3. The first-order chi connectivity index (χ1) is 17.4. The molecule has 1 amide bonds. The average Bonchev–Trinajstić information content (AvgIpc) is 3.40. The molecule has 0 unspecified atom stereocenters. The van der Waals surface area contributed by atoms with Crippen molar-refractivity contribution >= 4 is 27.5 Å². The summed E-state index contributed by atoms with van der Waals surface area (Å²) in [5.41, 5.74) is 5.22. The summed E-state index contributed by atoms with van der Waals surface area (Å²) in [6.07, 6.45) is 3.46. The van der Waals surface area contributed by atoms with Crippen molar-refractivity contribution in [2.24, 2.45) is 0 Å². The largest absolute Gasteiger partial charge is 0.490 e. The molecule has 8 nitrogen and oxygen atoms in total. The fourth-order valence-electron chi connectivity index (χ4n) is 3.91. The fourth-order valence-corrected chi connectivity index (χ4v) is 4.20. The Balaban J connectivity index is 1.42. The second kappa shape index (κ2) is 11.4. The van der Waals surface area contributed by atoms with Gasteiger partial charge >= 0.3 is 0 Å². The van der Waals surface area contributed by atoms with Crippen molar-refractivity contribution in [1.82, 2.24) is 19.6 Å². The summed E-state index contributed by atoms with van der Waals surface area (Å²) in [5.74, 6) is 1.25. The van der Waals surface area contributed by atoms with Crippen LogP contribution in [0.1, 0.15) is 46.7 Å². The van der Waals surface area contributed by atoms with E-state index in [2.05, 4.69) is 31.4 Å². The summed E-state index contributed by atoms with van der Waals surface area (Å²) in [4.78, 5) is 12.9. The Bertz CT molecular complexity index is 1360. The van der Waals surface area contributed by atoms with Crippen molar-refractivity contribution < 1.29 is 14.3 Å². The Hall–Kier alpha value is -3.59. The minimum Gasteiger partial charge on any atom is -0.490 e. The van der Waals surface area contributed by atoms with E-state index in [-0.39, 0.29) is 5.91 Å². The van der Waals surface area contributed by atoms with E-state index < -0.39 is 0 Å². The molecule has 0 aliphatic carbocycles. The van der Waals surface area contributed by atoms with Crippen LogP contribution in [0.15, 0.2) is 59.3 Å². The van der Waals surface area contributed by atoms with Crippen molar-refractivity contribution in [3.63, 3.8) is 0 Å². The normalized spacial score (nSPS) is 10.9. The molecule has 0 atom stereocenters. The van der Waals surface area contributed by atoms with Crippen LogP contribution in [0.4, 0.5) is 5.69 Å². The minimum atomic E-state index is -0.189. The Labute approximate surface area is 219 Å². The number of aryl methyl sites for hydroxylation is 1. The monoisotopic (exact) mass is 551 g/mol. The number of hydrogen-bond acceptors (Lipinski definition) is 5. The van der Waals surface area contributed by atoms with Gasteiger partial charge in [0.05, 0.1) is 54.0 Å². The molecule has 0 radical (unpaired) electrons. The quantitative estimate of drug-likeness (QED) is 0.277. The van der Waals surface area contributed by atoms with E-state index >= 15 is 0 Å². The van der Waals surface area contributed by atoms with Crippen LogP contribution in [0.2, 0.25) is 0 Å². The number of halogens is 1. The van der Waals surface area contributed by atoms with E-state index in [4.69, 9.17) is 9.47 Å². The Kier molecular flexibility index (Phi) is 8.10. The zero-order chi connectivity index (χ0) is 25.7. The highest BCUT2D eigenvalue weighted by Gasteiger charge is 2.12. The number of benzene rings is 2.